The van der Waals surface area contributed by atoms with Crippen LogP contribution in [0.4, 0.5) is 4.79 Å². The molecule has 1 aromatic heterocycles. The summed E-state index contributed by atoms with van der Waals surface area (Å²) in [6, 6.07) is 10.0. The smallest absolute Gasteiger partial charge is 0.408 e. The number of nitrogens with one attached hydrogen (secondary N) is 1. The second-order valence-electron chi connectivity index (χ2n) is 8.93. The van der Waals surface area contributed by atoms with Crippen molar-refractivity contribution in [1.29, 1.82) is 0 Å². The number of aromatic amines is 1. The van der Waals surface area contributed by atoms with Crippen LogP contribution >= 0.6 is 15.9 Å². The second kappa shape index (κ2) is 5.25. The zero-order valence-electron chi connectivity index (χ0n) is 15.6. The SMILES string of the molecule is CC(C)(C)[C@@]12C[C@H]1C[C@@H](c1nc3c(ccc4cc(Br)ccc43)[nH]1)N2C(=O)O. The van der Waals surface area contributed by atoms with Gasteiger partial charge < -0.3 is 10.1 Å². The average Bonchev–Trinajstić information content (AvgIpc) is 3.01. The molecular formula is C21H22BrN3O2. The molecule has 2 fully saturated rings. The molecule has 5 nitrogen and oxygen atoms in total. The van der Waals surface area contributed by atoms with E-state index in [2.05, 4.69) is 59.9 Å². The maximum Gasteiger partial charge on any atom is 0.408 e. The lowest BCUT2D eigenvalue weighted by molar-refractivity contribution is 0.0580. The van der Waals surface area contributed by atoms with Crippen LogP contribution in [-0.4, -0.2) is 31.6 Å². The van der Waals surface area contributed by atoms with Crippen molar-refractivity contribution in [1.82, 2.24) is 14.9 Å². The minimum absolute atomic E-state index is 0.0875. The maximum atomic E-state index is 12.2. The lowest BCUT2D eigenvalue weighted by Gasteiger charge is -2.39. The Balaban J connectivity index is 1.63. The highest BCUT2D eigenvalue weighted by Crippen LogP contribution is 2.68. The van der Waals surface area contributed by atoms with Crippen LogP contribution in [0.1, 0.15) is 45.5 Å². The van der Waals surface area contributed by atoms with Crippen LogP contribution in [0.2, 0.25) is 0 Å². The summed E-state index contributed by atoms with van der Waals surface area (Å²) in [5.41, 5.74) is 1.51. The Morgan fingerprint density at radius 2 is 2.11 bits per heavy atom. The third-order valence-corrected chi connectivity index (χ3v) is 7.08. The Morgan fingerprint density at radius 1 is 1.33 bits per heavy atom. The number of nitrogens with zero attached hydrogens (tertiary/aromatic N) is 2. The van der Waals surface area contributed by atoms with Gasteiger partial charge in [0.05, 0.1) is 22.6 Å². The first-order valence-corrected chi connectivity index (χ1v) is 10.1. The standard InChI is InChI=1S/C21H22BrN3O2/c1-20(2,3)21-10-12(21)9-16(25(21)19(26)27)18-23-15-7-4-11-8-13(22)5-6-14(11)17(15)24-18/h4-8,12,16H,9-10H2,1-3H3,(H,23,24)(H,26,27)/t12-,16+,21-/m1/s1. The number of imidazole rings is 1. The van der Waals surface area contributed by atoms with E-state index >= 15 is 0 Å². The number of hydrogen-bond acceptors (Lipinski definition) is 2. The predicted molar refractivity (Wildman–Crippen MR) is 109 cm³/mol. The normalized spacial score (nSPS) is 27.3. The number of amides is 1. The molecule has 6 heteroatoms. The van der Waals surface area contributed by atoms with Gasteiger partial charge in [-0.3, -0.25) is 4.90 Å². The molecule has 0 spiro atoms. The predicted octanol–water partition coefficient (Wildman–Crippen LogP) is 5.71. The van der Waals surface area contributed by atoms with Crippen LogP contribution < -0.4 is 0 Å². The number of hydrogen-bond donors (Lipinski definition) is 2. The average molecular weight is 428 g/mol. The molecule has 27 heavy (non-hydrogen) atoms. The molecule has 5 rings (SSSR count). The van der Waals surface area contributed by atoms with Crippen molar-refractivity contribution >= 4 is 43.8 Å². The number of rotatable bonds is 1. The fourth-order valence-electron chi connectivity index (χ4n) is 5.31. The molecule has 0 radical (unpaired) electrons. The molecule has 1 amide bonds. The van der Waals surface area contributed by atoms with Gasteiger partial charge in [0.2, 0.25) is 0 Å². The molecule has 0 bridgehead atoms. The summed E-state index contributed by atoms with van der Waals surface area (Å²) in [6.45, 7) is 6.44. The quantitative estimate of drug-likeness (QED) is 0.522. The van der Waals surface area contributed by atoms with E-state index in [1.165, 1.54) is 0 Å². The summed E-state index contributed by atoms with van der Waals surface area (Å²) in [6.07, 6.45) is 0.952. The van der Waals surface area contributed by atoms with Gasteiger partial charge in [-0.1, -0.05) is 48.8 Å². The lowest BCUT2D eigenvalue weighted by Crippen LogP contribution is -2.48. The van der Waals surface area contributed by atoms with Gasteiger partial charge in [-0.15, -0.1) is 0 Å². The van der Waals surface area contributed by atoms with Crippen LogP contribution in [0.15, 0.2) is 34.8 Å². The zero-order valence-corrected chi connectivity index (χ0v) is 17.2. The largest absolute Gasteiger partial charge is 0.465 e. The lowest BCUT2D eigenvalue weighted by atomic mass is 9.82. The minimum Gasteiger partial charge on any atom is -0.465 e. The zero-order chi connectivity index (χ0) is 19.1. The van der Waals surface area contributed by atoms with Gasteiger partial charge in [0.25, 0.3) is 0 Å². The van der Waals surface area contributed by atoms with Crippen LogP contribution in [0, 0.1) is 11.3 Å². The van der Waals surface area contributed by atoms with Crippen molar-refractivity contribution in [3.63, 3.8) is 0 Å². The molecule has 2 aliphatic rings. The van der Waals surface area contributed by atoms with Crippen molar-refractivity contribution in [3.8, 4) is 0 Å². The fraction of sp³-hybridized carbons (Fsp3) is 0.429. The number of carbonyl (C=O) groups is 1. The molecule has 3 aromatic rings. The van der Waals surface area contributed by atoms with E-state index in [0.29, 0.717) is 5.92 Å². The van der Waals surface area contributed by atoms with E-state index in [0.717, 1.165) is 44.9 Å². The van der Waals surface area contributed by atoms with E-state index in [-0.39, 0.29) is 17.0 Å². The van der Waals surface area contributed by atoms with Gasteiger partial charge in [0, 0.05) is 9.86 Å². The topological polar surface area (TPSA) is 69.2 Å². The van der Waals surface area contributed by atoms with Crippen molar-refractivity contribution in [2.75, 3.05) is 0 Å². The molecule has 1 saturated heterocycles. The Hall–Kier alpha value is -2.08. The number of aromatic nitrogens is 2. The van der Waals surface area contributed by atoms with Crippen molar-refractivity contribution in [2.24, 2.45) is 11.3 Å². The van der Waals surface area contributed by atoms with Gasteiger partial charge >= 0.3 is 6.09 Å². The Bertz CT molecular complexity index is 1100. The molecule has 0 unspecified atom stereocenters. The first kappa shape index (κ1) is 17.0. The second-order valence-corrected chi connectivity index (χ2v) is 9.84. The van der Waals surface area contributed by atoms with Crippen LogP contribution in [-0.2, 0) is 0 Å². The molecule has 2 aromatic carbocycles. The van der Waals surface area contributed by atoms with E-state index in [1.54, 1.807) is 4.90 Å². The van der Waals surface area contributed by atoms with Crippen molar-refractivity contribution in [2.45, 2.75) is 45.2 Å². The maximum absolute atomic E-state index is 12.2. The summed E-state index contributed by atoms with van der Waals surface area (Å²) < 4.78 is 1.03. The van der Waals surface area contributed by atoms with Crippen LogP contribution in [0.25, 0.3) is 21.8 Å². The van der Waals surface area contributed by atoms with Crippen LogP contribution in [0.3, 0.4) is 0 Å². The first-order chi connectivity index (χ1) is 12.7. The highest BCUT2D eigenvalue weighted by Gasteiger charge is 2.72. The number of fused-ring (bicyclic) bond motifs is 4. The summed E-state index contributed by atoms with van der Waals surface area (Å²) >= 11 is 3.52. The van der Waals surface area contributed by atoms with Gasteiger partial charge in [-0.05, 0) is 47.8 Å². The number of H-pyrrole nitrogens is 1. The third-order valence-electron chi connectivity index (χ3n) is 6.59. The Labute approximate surface area is 165 Å². The summed E-state index contributed by atoms with van der Waals surface area (Å²) in [5, 5.41) is 12.2. The van der Waals surface area contributed by atoms with Gasteiger partial charge in [0.1, 0.15) is 5.82 Å². The molecule has 1 aliphatic carbocycles. The fourth-order valence-corrected chi connectivity index (χ4v) is 5.69. The first-order valence-electron chi connectivity index (χ1n) is 9.32. The number of benzene rings is 2. The molecule has 2 N–H and O–H groups in total. The molecule has 140 valence electrons. The highest BCUT2D eigenvalue weighted by atomic mass is 79.9. The molecule has 2 heterocycles. The number of halogens is 1. The van der Waals surface area contributed by atoms with Crippen LogP contribution in [0.5, 0.6) is 0 Å². The summed E-state index contributed by atoms with van der Waals surface area (Å²) in [4.78, 5) is 22.2. The molecular weight excluding hydrogens is 406 g/mol. The molecule has 1 saturated carbocycles. The van der Waals surface area contributed by atoms with Crippen molar-refractivity contribution in [3.05, 3.63) is 40.6 Å². The van der Waals surface area contributed by atoms with E-state index in [4.69, 9.17) is 4.98 Å². The Morgan fingerprint density at radius 3 is 2.81 bits per heavy atom. The summed E-state index contributed by atoms with van der Waals surface area (Å²) in [7, 11) is 0. The van der Waals surface area contributed by atoms with E-state index in [1.807, 2.05) is 12.1 Å². The van der Waals surface area contributed by atoms with Gasteiger partial charge in [-0.2, -0.15) is 0 Å². The van der Waals surface area contributed by atoms with Gasteiger partial charge in [-0.25, -0.2) is 9.78 Å². The number of likely N-dealkylation sites (tertiary alicyclic amines) is 1. The van der Waals surface area contributed by atoms with E-state index < -0.39 is 6.09 Å². The molecule has 1 aliphatic heterocycles. The van der Waals surface area contributed by atoms with Crippen molar-refractivity contribution < 1.29 is 9.90 Å². The number of piperidine rings is 1. The number of carboxylic acid groups (broad SMARTS) is 1. The minimum atomic E-state index is -0.843. The summed E-state index contributed by atoms with van der Waals surface area (Å²) in [5.74, 6) is 1.18. The molecule has 3 atom stereocenters. The third kappa shape index (κ3) is 2.22. The Kier molecular flexibility index (Phi) is 3.32. The van der Waals surface area contributed by atoms with E-state index in [9.17, 15) is 9.90 Å². The highest BCUT2D eigenvalue weighted by molar-refractivity contribution is 9.10. The van der Waals surface area contributed by atoms with Gasteiger partial charge in [0.15, 0.2) is 0 Å². The monoisotopic (exact) mass is 427 g/mol.